The summed E-state index contributed by atoms with van der Waals surface area (Å²) in [6.45, 7) is 2.24. The van der Waals surface area contributed by atoms with E-state index in [1.54, 1.807) is 19.0 Å². The van der Waals surface area contributed by atoms with Crippen LogP contribution < -0.4 is 5.32 Å². The summed E-state index contributed by atoms with van der Waals surface area (Å²) in [5.74, 6) is 0.0318. The highest BCUT2D eigenvalue weighted by Gasteiger charge is 2.14. The Kier molecular flexibility index (Phi) is 5.05. The molecule has 1 rings (SSSR count). The van der Waals surface area contributed by atoms with E-state index >= 15 is 0 Å². The van der Waals surface area contributed by atoms with E-state index in [1.165, 1.54) is 11.3 Å². The first-order chi connectivity index (χ1) is 7.41. The zero-order valence-electron chi connectivity index (χ0n) is 9.38. The van der Waals surface area contributed by atoms with Gasteiger partial charge in [0.05, 0.1) is 15.2 Å². The van der Waals surface area contributed by atoms with Crippen molar-refractivity contribution >= 4 is 40.4 Å². The second-order valence-electron chi connectivity index (χ2n) is 3.67. The zero-order chi connectivity index (χ0) is 12.3. The fraction of sp³-hybridized carbons (Fsp3) is 0.500. The SMILES string of the molecule is CC(NCC(=O)N(C)C)c1cc(Cl)sc1Cl. The molecule has 0 aliphatic heterocycles. The first kappa shape index (κ1) is 13.8. The molecule has 1 N–H and O–H groups in total. The molecule has 0 aliphatic rings. The van der Waals surface area contributed by atoms with E-state index in [-0.39, 0.29) is 18.5 Å². The average Bonchev–Trinajstić information content (AvgIpc) is 2.53. The van der Waals surface area contributed by atoms with Gasteiger partial charge in [-0.3, -0.25) is 4.79 Å². The lowest BCUT2D eigenvalue weighted by atomic mass is 10.2. The van der Waals surface area contributed by atoms with Gasteiger partial charge in [-0.1, -0.05) is 23.2 Å². The first-order valence-corrected chi connectivity index (χ1v) is 6.37. The smallest absolute Gasteiger partial charge is 0.236 e. The maximum absolute atomic E-state index is 11.4. The quantitative estimate of drug-likeness (QED) is 0.920. The van der Waals surface area contributed by atoms with Crippen LogP contribution in [0.1, 0.15) is 18.5 Å². The topological polar surface area (TPSA) is 32.3 Å². The lowest BCUT2D eigenvalue weighted by Crippen LogP contribution is -2.34. The summed E-state index contributed by atoms with van der Waals surface area (Å²) in [4.78, 5) is 12.9. The van der Waals surface area contributed by atoms with E-state index in [1.807, 2.05) is 13.0 Å². The van der Waals surface area contributed by atoms with Crippen molar-refractivity contribution in [2.45, 2.75) is 13.0 Å². The molecule has 3 nitrogen and oxygen atoms in total. The average molecular weight is 281 g/mol. The maximum atomic E-state index is 11.4. The molecular formula is C10H14Cl2N2OS. The molecule has 1 unspecified atom stereocenters. The van der Waals surface area contributed by atoms with Crippen molar-refractivity contribution in [3.8, 4) is 0 Å². The predicted octanol–water partition coefficient (Wildman–Crippen LogP) is 2.79. The van der Waals surface area contributed by atoms with Crippen LogP contribution in [0.2, 0.25) is 8.67 Å². The third-order valence-electron chi connectivity index (χ3n) is 2.21. The van der Waals surface area contributed by atoms with Crippen molar-refractivity contribution in [2.24, 2.45) is 0 Å². The Balaban J connectivity index is 2.56. The zero-order valence-corrected chi connectivity index (χ0v) is 11.7. The number of hydrogen-bond acceptors (Lipinski definition) is 3. The van der Waals surface area contributed by atoms with Gasteiger partial charge in [0.2, 0.25) is 5.91 Å². The van der Waals surface area contributed by atoms with Crippen LogP contribution in [-0.2, 0) is 4.79 Å². The van der Waals surface area contributed by atoms with Crippen LogP contribution in [0.5, 0.6) is 0 Å². The molecular weight excluding hydrogens is 267 g/mol. The van der Waals surface area contributed by atoms with Gasteiger partial charge in [-0.05, 0) is 18.6 Å². The summed E-state index contributed by atoms with van der Waals surface area (Å²) < 4.78 is 1.33. The van der Waals surface area contributed by atoms with E-state index in [4.69, 9.17) is 23.2 Å². The highest BCUT2D eigenvalue weighted by molar-refractivity contribution is 7.20. The molecule has 0 fully saturated rings. The van der Waals surface area contributed by atoms with E-state index in [0.717, 1.165) is 5.56 Å². The molecule has 1 heterocycles. The lowest BCUT2D eigenvalue weighted by molar-refractivity contribution is -0.127. The third-order valence-corrected chi connectivity index (χ3v) is 3.73. The maximum Gasteiger partial charge on any atom is 0.236 e. The monoisotopic (exact) mass is 280 g/mol. The number of thiophene rings is 1. The third kappa shape index (κ3) is 3.63. The predicted molar refractivity (Wildman–Crippen MR) is 69.5 cm³/mol. The fourth-order valence-electron chi connectivity index (χ4n) is 1.16. The van der Waals surface area contributed by atoms with Gasteiger partial charge in [0, 0.05) is 20.1 Å². The van der Waals surface area contributed by atoms with Gasteiger partial charge in [0.25, 0.3) is 0 Å². The molecule has 0 saturated heterocycles. The highest BCUT2D eigenvalue weighted by Crippen LogP contribution is 2.34. The van der Waals surface area contributed by atoms with Gasteiger partial charge in [-0.25, -0.2) is 0 Å². The second kappa shape index (κ2) is 5.87. The van der Waals surface area contributed by atoms with Crippen LogP contribution in [-0.4, -0.2) is 31.4 Å². The first-order valence-electron chi connectivity index (χ1n) is 4.80. The number of carbonyl (C=O) groups excluding carboxylic acids is 1. The number of rotatable bonds is 4. The lowest BCUT2D eigenvalue weighted by Gasteiger charge is -2.15. The van der Waals surface area contributed by atoms with E-state index < -0.39 is 0 Å². The normalized spacial score (nSPS) is 12.6. The van der Waals surface area contributed by atoms with Crippen LogP contribution in [0.25, 0.3) is 0 Å². The standard InChI is InChI=1S/C10H14Cl2N2OS/c1-6(13-5-9(15)14(2)3)7-4-8(11)16-10(7)12/h4,6,13H,5H2,1-3H3. The molecule has 0 aliphatic carbocycles. The number of hydrogen-bond donors (Lipinski definition) is 1. The molecule has 0 saturated carbocycles. The van der Waals surface area contributed by atoms with Gasteiger partial charge >= 0.3 is 0 Å². The van der Waals surface area contributed by atoms with Crippen molar-refractivity contribution in [1.29, 1.82) is 0 Å². The minimum atomic E-state index is 0.0140. The van der Waals surface area contributed by atoms with Gasteiger partial charge < -0.3 is 10.2 Å². The van der Waals surface area contributed by atoms with Gasteiger partial charge in [-0.15, -0.1) is 11.3 Å². The van der Waals surface area contributed by atoms with Crippen molar-refractivity contribution in [3.63, 3.8) is 0 Å². The largest absolute Gasteiger partial charge is 0.348 e. The number of amides is 1. The molecule has 0 bridgehead atoms. The molecule has 90 valence electrons. The molecule has 1 amide bonds. The Morgan fingerprint density at radius 2 is 2.19 bits per heavy atom. The Morgan fingerprint density at radius 3 is 2.62 bits per heavy atom. The summed E-state index contributed by atoms with van der Waals surface area (Å²) in [5.41, 5.74) is 0.934. The summed E-state index contributed by atoms with van der Waals surface area (Å²) in [6.07, 6.45) is 0. The second-order valence-corrected chi connectivity index (χ2v) is 5.96. The Bertz CT molecular complexity index is 379. The number of likely N-dealkylation sites (N-methyl/N-ethyl adjacent to an activating group) is 1. The fourth-order valence-corrected chi connectivity index (χ4v) is 2.80. The van der Waals surface area contributed by atoms with E-state index in [2.05, 4.69) is 5.32 Å². The van der Waals surface area contributed by atoms with E-state index in [9.17, 15) is 4.79 Å². The minimum Gasteiger partial charge on any atom is -0.348 e. The number of halogens is 2. The summed E-state index contributed by atoms with van der Waals surface area (Å²) >= 11 is 13.2. The summed E-state index contributed by atoms with van der Waals surface area (Å²) in [6, 6.07) is 1.84. The molecule has 1 aromatic heterocycles. The van der Waals surface area contributed by atoms with Crippen LogP contribution in [0.3, 0.4) is 0 Å². The van der Waals surface area contributed by atoms with Crippen LogP contribution in [0.4, 0.5) is 0 Å². The Labute approximate surface area is 109 Å². The van der Waals surface area contributed by atoms with Gasteiger partial charge in [0.15, 0.2) is 0 Å². The Morgan fingerprint density at radius 1 is 1.56 bits per heavy atom. The Hall–Kier alpha value is -0.290. The molecule has 0 spiro atoms. The molecule has 16 heavy (non-hydrogen) atoms. The van der Waals surface area contributed by atoms with Crippen LogP contribution in [0.15, 0.2) is 6.07 Å². The molecule has 0 aromatic carbocycles. The molecule has 1 aromatic rings. The number of carbonyl (C=O) groups is 1. The molecule has 0 radical (unpaired) electrons. The van der Waals surface area contributed by atoms with Crippen LogP contribution >= 0.6 is 34.5 Å². The van der Waals surface area contributed by atoms with E-state index in [0.29, 0.717) is 8.67 Å². The summed E-state index contributed by atoms with van der Waals surface area (Å²) in [7, 11) is 3.45. The number of nitrogens with zero attached hydrogens (tertiary/aromatic N) is 1. The van der Waals surface area contributed by atoms with Crippen LogP contribution in [0, 0.1) is 0 Å². The minimum absolute atomic E-state index is 0.0140. The van der Waals surface area contributed by atoms with Crippen molar-refractivity contribution < 1.29 is 4.79 Å². The van der Waals surface area contributed by atoms with Crippen molar-refractivity contribution in [3.05, 3.63) is 20.3 Å². The van der Waals surface area contributed by atoms with Gasteiger partial charge in [-0.2, -0.15) is 0 Å². The van der Waals surface area contributed by atoms with Crippen molar-refractivity contribution in [2.75, 3.05) is 20.6 Å². The molecule has 6 heteroatoms. The number of nitrogens with one attached hydrogen (secondary N) is 1. The van der Waals surface area contributed by atoms with Gasteiger partial charge in [0.1, 0.15) is 0 Å². The molecule has 1 atom stereocenters. The summed E-state index contributed by atoms with van der Waals surface area (Å²) in [5, 5.41) is 3.11. The van der Waals surface area contributed by atoms with Crippen molar-refractivity contribution in [1.82, 2.24) is 10.2 Å². The highest BCUT2D eigenvalue weighted by atomic mass is 35.5.